The lowest BCUT2D eigenvalue weighted by Crippen LogP contribution is -1.99. The van der Waals surface area contributed by atoms with Crippen molar-refractivity contribution in [3.8, 4) is 22.6 Å². The number of benzene rings is 1. The van der Waals surface area contributed by atoms with E-state index in [0.717, 1.165) is 52.9 Å². The number of aryl methyl sites for hydroxylation is 1. The molecule has 0 amide bonds. The van der Waals surface area contributed by atoms with Gasteiger partial charge >= 0.3 is 0 Å². The topological polar surface area (TPSA) is 43.6 Å². The molecule has 0 spiro atoms. The quantitative estimate of drug-likeness (QED) is 0.478. The summed E-state index contributed by atoms with van der Waals surface area (Å²) in [5, 5.41) is 0.724. The van der Waals surface area contributed by atoms with Gasteiger partial charge in [-0.15, -0.1) is 0 Å². The minimum Gasteiger partial charge on any atom is -0.298 e. The van der Waals surface area contributed by atoms with Crippen molar-refractivity contribution in [3.63, 3.8) is 0 Å². The van der Waals surface area contributed by atoms with Gasteiger partial charge in [0, 0.05) is 23.9 Å². The summed E-state index contributed by atoms with van der Waals surface area (Å²) >= 11 is 1.51. The van der Waals surface area contributed by atoms with E-state index in [1.165, 1.54) is 29.6 Å². The molecule has 0 saturated carbocycles. The van der Waals surface area contributed by atoms with Crippen molar-refractivity contribution in [1.82, 2.24) is 19.5 Å². The number of fused-ring (bicyclic) bond motifs is 1. The fourth-order valence-electron chi connectivity index (χ4n) is 3.34. The molecule has 1 aliphatic heterocycles. The molecule has 132 valence electrons. The Bertz CT molecular complexity index is 976. The third kappa shape index (κ3) is 2.94. The highest BCUT2D eigenvalue weighted by Gasteiger charge is 2.27. The van der Waals surface area contributed by atoms with Gasteiger partial charge in [-0.05, 0) is 49.4 Å². The molecule has 0 atom stereocenters. The minimum atomic E-state index is -0.250. The van der Waals surface area contributed by atoms with E-state index in [1.54, 1.807) is 18.3 Å². The number of thioether (sulfide) groups is 1. The van der Waals surface area contributed by atoms with Crippen molar-refractivity contribution in [2.24, 2.45) is 0 Å². The number of allylic oxidation sites excluding steroid dienone is 2. The monoisotopic (exact) mass is 366 g/mol. The van der Waals surface area contributed by atoms with Crippen molar-refractivity contribution in [3.05, 3.63) is 54.2 Å². The number of halogens is 1. The van der Waals surface area contributed by atoms with Crippen LogP contribution in [0.1, 0.15) is 25.6 Å². The fraction of sp³-hybridized carbons (Fsp3) is 0.250. The molecule has 0 aliphatic carbocycles. The normalized spacial score (nSPS) is 14.8. The lowest BCUT2D eigenvalue weighted by Gasteiger charge is -2.11. The smallest absolute Gasteiger partial charge is 0.187 e. The molecule has 4 rings (SSSR count). The average Bonchev–Trinajstić information content (AvgIpc) is 3.23. The van der Waals surface area contributed by atoms with E-state index in [0.29, 0.717) is 0 Å². The van der Waals surface area contributed by atoms with Gasteiger partial charge in [0.1, 0.15) is 11.6 Å². The Morgan fingerprint density at radius 2 is 1.96 bits per heavy atom. The molecular formula is C20H19FN4S. The summed E-state index contributed by atoms with van der Waals surface area (Å²) < 4.78 is 15.6. The highest BCUT2D eigenvalue weighted by molar-refractivity contribution is 7.98. The summed E-state index contributed by atoms with van der Waals surface area (Å²) in [6, 6.07) is 8.41. The van der Waals surface area contributed by atoms with E-state index in [1.807, 2.05) is 12.3 Å². The van der Waals surface area contributed by atoms with Crippen LogP contribution < -0.4 is 0 Å². The van der Waals surface area contributed by atoms with Gasteiger partial charge in [0.15, 0.2) is 5.16 Å². The van der Waals surface area contributed by atoms with Crippen LogP contribution in [0.3, 0.4) is 0 Å². The molecule has 0 N–H and O–H groups in total. The van der Waals surface area contributed by atoms with Crippen LogP contribution in [0, 0.1) is 5.82 Å². The van der Waals surface area contributed by atoms with Crippen molar-refractivity contribution in [1.29, 1.82) is 0 Å². The zero-order valence-electron chi connectivity index (χ0n) is 14.7. The molecule has 4 nitrogen and oxygen atoms in total. The molecular weight excluding hydrogens is 347 g/mol. The Kier molecular flexibility index (Phi) is 4.59. The fourth-order valence-corrected chi connectivity index (χ4v) is 3.70. The molecule has 3 heterocycles. The lowest BCUT2D eigenvalue weighted by molar-refractivity contribution is 0.628. The van der Waals surface area contributed by atoms with Crippen LogP contribution in [0.5, 0.6) is 0 Å². The largest absolute Gasteiger partial charge is 0.298 e. The van der Waals surface area contributed by atoms with E-state index in [9.17, 15) is 4.39 Å². The molecule has 0 radical (unpaired) electrons. The SMILES string of the molecule is CC/C=C1\CCc2nc(-c3ccc(F)cc3)c(-c3ccnc(SC)n3)n21. The van der Waals surface area contributed by atoms with E-state index in [4.69, 9.17) is 9.97 Å². The first-order valence-corrected chi connectivity index (χ1v) is 9.88. The van der Waals surface area contributed by atoms with Gasteiger partial charge < -0.3 is 0 Å². The zero-order chi connectivity index (χ0) is 18.1. The van der Waals surface area contributed by atoms with Crippen LogP contribution in [0.15, 0.2) is 47.8 Å². The van der Waals surface area contributed by atoms with E-state index >= 15 is 0 Å². The van der Waals surface area contributed by atoms with Gasteiger partial charge in [0.05, 0.1) is 17.1 Å². The third-order valence-electron chi connectivity index (χ3n) is 4.45. The number of imidazole rings is 1. The number of hydrogen-bond donors (Lipinski definition) is 0. The molecule has 2 aromatic heterocycles. The van der Waals surface area contributed by atoms with Crippen LogP contribution in [0.2, 0.25) is 0 Å². The summed E-state index contributed by atoms with van der Waals surface area (Å²) in [4.78, 5) is 13.9. The maximum atomic E-state index is 13.4. The summed E-state index contributed by atoms with van der Waals surface area (Å²) in [6.45, 7) is 2.14. The number of rotatable bonds is 4. The summed E-state index contributed by atoms with van der Waals surface area (Å²) in [5.74, 6) is 0.781. The Labute approximate surface area is 156 Å². The second kappa shape index (κ2) is 7.03. The van der Waals surface area contributed by atoms with Gasteiger partial charge in [0.25, 0.3) is 0 Å². The van der Waals surface area contributed by atoms with Crippen LogP contribution in [0.4, 0.5) is 4.39 Å². The van der Waals surface area contributed by atoms with Gasteiger partial charge in [-0.1, -0.05) is 24.8 Å². The molecule has 0 bridgehead atoms. The third-order valence-corrected chi connectivity index (χ3v) is 5.02. The molecule has 0 fully saturated rings. The van der Waals surface area contributed by atoms with Crippen molar-refractivity contribution in [2.75, 3.05) is 6.26 Å². The Morgan fingerprint density at radius 1 is 1.15 bits per heavy atom. The maximum Gasteiger partial charge on any atom is 0.187 e. The first-order valence-electron chi connectivity index (χ1n) is 8.65. The number of hydrogen-bond acceptors (Lipinski definition) is 4. The Balaban J connectivity index is 1.97. The standard InChI is InChI=1S/C20H19FN4S/c1-3-4-15-9-10-17-24-18(13-5-7-14(21)8-6-13)19(25(15)17)16-11-12-22-20(23-16)26-2/h4-8,11-12H,3,9-10H2,1-2H3/b15-4+. The zero-order valence-corrected chi connectivity index (χ0v) is 15.6. The molecule has 6 heteroatoms. The summed E-state index contributed by atoms with van der Waals surface area (Å²) in [7, 11) is 0. The number of nitrogens with zero attached hydrogens (tertiary/aromatic N) is 4. The van der Waals surface area contributed by atoms with Gasteiger partial charge in [0.2, 0.25) is 0 Å². The Morgan fingerprint density at radius 3 is 2.69 bits per heavy atom. The first-order chi connectivity index (χ1) is 12.7. The van der Waals surface area contributed by atoms with Crippen molar-refractivity contribution in [2.45, 2.75) is 31.3 Å². The maximum absolute atomic E-state index is 13.4. The summed E-state index contributed by atoms with van der Waals surface area (Å²) in [5.41, 5.74) is 4.78. The second-order valence-electron chi connectivity index (χ2n) is 6.10. The molecule has 0 saturated heterocycles. The van der Waals surface area contributed by atoms with Crippen LogP contribution in [-0.2, 0) is 6.42 Å². The molecule has 26 heavy (non-hydrogen) atoms. The average molecular weight is 366 g/mol. The van der Waals surface area contributed by atoms with Gasteiger partial charge in [-0.2, -0.15) is 0 Å². The predicted octanol–water partition coefficient (Wildman–Crippen LogP) is 5.07. The molecule has 1 aromatic carbocycles. The lowest BCUT2D eigenvalue weighted by atomic mass is 10.1. The molecule has 1 aliphatic rings. The Hall–Kier alpha value is -2.47. The van der Waals surface area contributed by atoms with Crippen molar-refractivity contribution < 1.29 is 4.39 Å². The van der Waals surface area contributed by atoms with Gasteiger partial charge in [-0.25, -0.2) is 19.3 Å². The van der Waals surface area contributed by atoms with Gasteiger partial charge in [-0.3, -0.25) is 4.57 Å². The van der Waals surface area contributed by atoms with Crippen LogP contribution in [0.25, 0.3) is 28.3 Å². The summed E-state index contributed by atoms with van der Waals surface area (Å²) in [6.07, 6.45) is 8.84. The van der Waals surface area contributed by atoms with Crippen LogP contribution in [-0.4, -0.2) is 25.8 Å². The molecule has 0 unspecified atom stereocenters. The minimum absolute atomic E-state index is 0.250. The predicted molar refractivity (Wildman–Crippen MR) is 103 cm³/mol. The van der Waals surface area contributed by atoms with E-state index in [-0.39, 0.29) is 5.82 Å². The second-order valence-corrected chi connectivity index (χ2v) is 6.87. The number of aromatic nitrogens is 4. The molecule has 3 aromatic rings. The van der Waals surface area contributed by atoms with E-state index in [2.05, 4.69) is 22.6 Å². The van der Waals surface area contributed by atoms with Crippen molar-refractivity contribution >= 4 is 17.5 Å². The van der Waals surface area contributed by atoms with Crippen LogP contribution >= 0.6 is 11.8 Å². The van der Waals surface area contributed by atoms with E-state index < -0.39 is 0 Å². The highest BCUT2D eigenvalue weighted by Crippen LogP contribution is 2.39. The first kappa shape index (κ1) is 17.0. The highest BCUT2D eigenvalue weighted by atomic mass is 32.2.